The van der Waals surface area contributed by atoms with Gasteiger partial charge in [0.2, 0.25) is 6.41 Å². The number of rotatable bonds is 2. The van der Waals surface area contributed by atoms with Gasteiger partial charge < -0.3 is 4.74 Å². The van der Waals surface area contributed by atoms with Crippen LogP contribution in [-0.4, -0.2) is 19.2 Å². The molecule has 0 spiro atoms. The van der Waals surface area contributed by atoms with E-state index in [4.69, 9.17) is 4.74 Å². The first-order chi connectivity index (χ1) is 8.76. The summed E-state index contributed by atoms with van der Waals surface area (Å²) in [4.78, 5) is 11.1. The third-order valence-electron chi connectivity index (χ3n) is 3.19. The number of anilines is 1. The van der Waals surface area contributed by atoms with E-state index in [1.807, 2.05) is 37.3 Å². The van der Waals surface area contributed by atoms with Crippen LogP contribution in [0.3, 0.4) is 0 Å². The molecule has 0 unspecified atom stereocenters. The summed E-state index contributed by atoms with van der Waals surface area (Å²) < 4.78 is 5.36. The highest BCUT2D eigenvalue weighted by atomic mass is 16.5. The Kier molecular flexibility index (Phi) is 2.30. The summed E-state index contributed by atoms with van der Waals surface area (Å²) in [7, 11) is 1.64. The van der Waals surface area contributed by atoms with E-state index in [-0.39, 0.29) is 0 Å². The molecule has 0 bridgehead atoms. The van der Waals surface area contributed by atoms with Crippen LogP contribution in [0.5, 0.6) is 5.75 Å². The van der Waals surface area contributed by atoms with Crippen molar-refractivity contribution in [1.29, 1.82) is 0 Å². The lowest BCUT2D eigenvalue weighted by molar-refractivity contribution is -0.107. The van der Waals surface area contributed by atoms with Gasteiger partial charge in [0.15, 0.2) is 0 Å². The van der Waals surface area contributed by atoms with Gasteiger partial charge in [0.05, 0.1) is 18.5 Å². The molecule has 0 aromatic heterocycles. The molecule has 4 nitrogen and oxygen atoms in total. The average Bonchev–Trinajstić information content (AvgIpc) is 2.42. The number of carbonyl (C=O) groups is 1. The van der Waals surface area contributed by atoms with Crippen molar-refractivity contribution in [3.8, 4) is 5.75 Å². The largest absolute Gasteiger partial charge is 0.496 e. The van der Waals surface area contributed by atoms with E-state index in [0.29, 0.717) is 0 Å². The van der Waals surface area contributed by atoms with Crippen LogP contribution < -0.4 is 9.75 Å². The molecule has 3 rings (SSSR count). The molecule has 4 heteroatoms. The summed E-state index contributed by atoms with van der Waals surface area (Å²) >= 11 is 0. The molecule has 1 aliphatic heterocycles. The van der Waals surface area contributed by atoms with E-state index >= 15 is 0 Å². The predicted octanol–water partition coefficient (Wildman–Crippen LogP) is 2.55. The van der Waals surface area contributed by atoms with Gasteiger partial charge in [-0.25, -0.2) is 5.01 Å². The summed E-state index contributed by atoms with van der Waals surface area (Å²) in [6, 6.07) is 9.68. The summed E-state index contributed by atoms with van der Waals surface area (Å²) in [5, 5.41) is 7.63. The normalized spacial score (nSPS) is 13.4. The molecule has 1 aliphatic rings. The quantitative estimate of drug-likeness (QED) is 0.757. The van der Waals surface area contributed by atoms with Crippen molar-refractivity contribution in [2.45, 2.75) is 6.92 Å². The molecule has 0 saturated heterocycles. The van der Waals surface area contributed by atoms with E-state index < -0.39 is 0 Å². The lowest BCUT2D eigenvalue weighted by Gasteiger charge is -2.23. The molecule has 18 heavy (non-hydrogen) atoms. The summed E-state index contributed by atoms with van der Waals surface area (Å²) in [5.41, 5.74) is 2.66. The third kappa shape index (κ3) is 1.32. The molecule has 0 aliphatic carbocycles. The van der Waals surface area contributed by atoms with Crippen LogP contribution in [-0.2, 0) is 4.79 Å². The van der Waals surface area contributed by atoms with E-state index in [2.05, 4.69) is 5.10 Å². The molecule has 0 N–H and O–H groups in total. The summed E-state index contributed by atoms with van der Waals surface area (Å²) in [6.45, 7) is 1.90. The highest BCUT2D eigenvalue weighted by Gasteiger charge is 2.20. The Hall–Kier alpha value is -2.36. The molecule has 0 radical (unpaired) electrons. The minimum Gasteiger partial charge on any atom is -0.496 e. The minimum absolute atomic E-state index is 0.723. The number of hydrogen-bond donors (Lipinski definition) is 0. The summed E-state index contributed by atoms with van der Waals surface area (Å²) in [5.74, 6) is 0.802. The van der Waals surface area contributed by atoms with Crippen molar-refractivity contribution in [2.75, 3.05) is 12.1 Å². The van der Waals surface area contributed by atoms with Crippen molar-refractivity contribution in [3.63, 3.8) is 0 Å². The zero-order valence-corrected chi connectivity index (χ0v) is 10.2. The fourth-order valence-corrected chi connectivity index (χ4v) is 2.38. The van der Waals surface area contributed by atoms with E-state index in [9.17, 15) is 4.79 Å². The molecular formula is C14H12N2O2. The van der Waals surface area contributed by atoms with Gasteiger partial charge in [0.25, 0.3) is 0 Å². The van der Waals surface area contributed by atoms with Gasteiger partial charge in [-0.3, -0.25) is 4.79 Å². The fraction of sp³-hybridized carbons (Fsp3) is 0.143. The van der Waals surface area contributed by atoms with Crippen LogP contribution in [0.15, 0.2) is 35.4 Å². The number of methoxy groups -OCH3 is 1. The van der Waals surface area contributed by atoms with Gasteiger partial charge in [-0.05, 0) is 25.1 Å². The number of amides is 1. The molecular weight excluding hydrogens is 228 g/mol. The topological polar surface area (TPSA) is 41.9 Å². The first-order valence-corrected chi connectivity index (χ1v) is 5.66. The highest BCUT2D eigenvalue weighted by Crippen LogP contribution is 2.37. The molecule has 0 fully saturated rings. The first-order valence-electron chi connectivity index (χ1n) is 5.66. The lowest BCUT2D eigenvalue weighted by Crippen LogP contribution is -2.20. The number of nitrogens with zero attached hydrogens (tertiary/aromatic N) is 2. The minimum atomic E-state index is 0.723. The Morgan fingerprint density at radius 1 is 1.28 bits per heavy atom. The molecule has 0 atom stereocenters. The van der Waals surface area contributed by atoms with Crippen LogP contribution >= 0.6 is 0 Å². The van der Waals surface area contributed by atoms with Crippen molar-refractivity contribution in [3.05, 3.63) is 35.9 Å². The number of carbonyl (C=O) groups excluding carboxylic acids is 1. The second-order valence-corrected chi connectivity index (χ2v) is 4.15. The van der Waals surface area contributed by atoms with Gasteiger partial charge in [-0.2, -0.15) is 5.10 Å². The van der Waals surface area contributed by atoms with Crippen molar-refractivity contribution in [1.82, 2.24) is 0 Å². The molecule has 1 heterocycles. The van der Waals surface area contributed by atoms with Crippen LogP contribution in [0.4, 0.5) is 5.69 Å². The van der Waals surface area contributed by atoms with Gasteiger partial charge in [0.1, 0.15) is 5.75 Å². The third-order valence-corrected chi connectivity index (χ3v) is 3.19. The fourth-order valence-electron chi connectivity index (χ4n) is 2.38. The molecule has 2 aromatic rings. The second-order valence-electron chi connectivity index (χ2n) is 4.15. The number of hydrazone groups is 1. The smallest absolute Gasteiger partial charge is 0.234 e. The van der Waals surface area contributed by atoms with Gasteiger partial charge in [-0.1, -0.05) is 12.1 Å². The molecule has 1 amide bonds. The second kappa shape index (κ2) is 3.84. The van der Waals surface area contributed by atoms with Gasteiger partial charge in [0, 0.05) is 16.3 Å². The molecule has 2 aromatic carbocycles. The zero-order valence-electron chi connectivity index (χ0n) is 10.2. The Morgan fingerprint density at radius 3 is 2.83 bits per heavy atom. The van der Waals surface area contributed by atoms with Crippen molar-refractivity contribution >= 4 is 28.6 Å². The van der Waals surface area contributed by atoms with Gasteiger partial charge >= 0.3 is 0 Å². The monoisotopic (exact) mass is 240 g/mol. The molecule has 90 valence electrons. The first kappa shape index (κ1) is 10.8. The highest BCUT2D eigenvalue weighted by molar-refractivity contribution is 6.18. The predicted molar refractivity (Wildman–Crippen MR) is 71.3 cm³/mol. The maximum Gasteiger partial charge on any atom is 0.234 e. The number of ether oxygens (including phenoxy) is 1. The van der Waals surface area contributed by atoms with E-state index in [0.717, 1.165) is 39.9 Å². The van der Waals surface area contributed by atoms with Gasteiger partial charge in [-0.15, -0.1) is 0 Å². The van der Waals surface area contributed by atoms with Crippen LogP contribution in [0.1, 0.15) is 12.5 Å². The average molecular weight is 240 g/mol. The van der Waals surface area contributed by atoms with Crippen molar-refractivity contribution < 1.29 is 9.53 Å². The Labute approximate surface area is 104 Å². The standard InChI is InChI=1S/C14H12N2O2/c1-9-10-6-7-13(18-2)11-4-3-5-12(14(10)11)16(8-17)15-9/h3-8H,1-2H3. The van der Waals surface area contributed by atoms with E-state index in [1.54, 1.807) is 7.11 Å². The van der Waals surface area contributed by atoms with Crippen LogP contribution in [0, 0.1) is 0 Å². The van der Waals surface area contributed by atoms with E-state index in [1.165, 1.54) is 5.01 Å². The number of benzene rings is 2. The van der Waals surface area contributed by atoms with Crippen LogP contribution in [0.2, 0.25) is 0 Å². The Balaban J connectivity index is 2.46. The lowest BCUT2D eigenvalue weighted by atomic mass is 9.98. The van der Waals surface area contributed by atoms with Crippen molar-refractivity contribution in [2.24, 2.45) is 5.10 Å². The maximum absolute atomic E-state index is 11.1. The Bertz CT molecular complexity index is 677. The Morgan fingerprint density at radius 2 is 2.11 bits per heavy atom. The SMILES string of the molecule is COc1ccc2c3c(cccc13)N(C=O)N=C2C. The maximum atomic E-state index is 11.1. The zero-order chi connectivity index (χ0) is 12.7. The number of hydrogen-bond acceptors (Lipinski definition) is 3. The summed E-state index contributed by atoms with van der Waals surface area (Å²) in [6.07, 6.45) is 0.723. The molecule has 0 saturated carbocycles. The van der Waals surface area contributed by atoms with Crippen LogP contribution in [0.25, 0.3) is 10.8 Å².